The SMILES string of the molecule is COCOc1ccc2cc1-c1ccc(=O)n(n1)Cc1cccc(c1)C(O)Nc1nc3ccccc3n1C2. The quantitative estimate of drug-likeness (QED) is 0.368. The summed E-state index contributed by atoms with van der Waals surface area (Å²) in [5.74, 6) is 1.14. The topological polar surface area (TPSA) is 103 Å². The molecule has 0 spiro atoms. The second-order valence-corrected chi connectivity index (χ2v) is 8.90. The van der Waals surface area contributed by atoms with Gasteiger partial charge in [-0.05, 0) is 47.5 Å². The van der Waals surface area contributed by atoms with E-state index < -0.39 is 6.23 Å². The molecule has 5 aromatic rings. The Bertz CT molecular complexity index is 1660. The van der Waals surface area contributed by atoms with Crippen molar-refractivity contribution < 1.29 is 14.6 Å². The first-order valence-corrected chi connectivity index (χ1v) is 11.9. The lowest BCUT2D eigenvalue weighted by atomic mass is 10.1. The molecule has 0 saturated heterocycles. The first kappa shape index (κ1) is 23.0. The summed E-state index contributed by atoms with van der Waals surface area (Å²) in [4.78, 5) is 17.4. The van der Waals surface area contributed by atoms with Crippen molar-refractivity contribution in [3.63, 3.8) is 0 Å². The Hall–Kier alpha value is -4.47. The van der Waals surface area contributed by atoms with Crippen LogP contribution < -0.4 is 15.6 Å². The van der Waals surface area contributed by atoms with E-state index in [4.69, 9.17) is 14.5 Å². The lowest BCUT2D eigenvalue weighted by Gasteiger charge is -2.17. The Labute approximate surface area is 212 Å². The van der Waals surface area contributed by atoms with Crippen molar-refractivity contribution in [3.8, 4) is 17.0 Å². The van der Waals surface area contributed by atoms with Crippen molar-refractivity contribution in [2.45, 2.75) is 19.3 Å². The zero-order valence-electron chi connectivity index (χ0n) is 20.2. The molecular formula is C28H25N5O4. The van der Waals surface area contributed by atoms with E-state index in [2.05, 4.69) is 10.4 Å². The highest BCUT2D eigenvalue weighted by atomic mass is 16.7. The number of para-hydroxylation sites is 2. The minimum atomic E-state index is -1.00. The van der Waals surface area contributed by atoms with Crippen molar-refractivity contribution in [3.05, 3.63) is 106 Å². The summed E-state index contributed by atoms with van der Waals surface area (Å²) >= 11 is 0. The number of imidazole rings is 1. The van der Waals surface area contributed by atoms with Crippen molar-refractivity contribution in [2.24, 2.45) is 0 Å². The van der Waals surface area contributed by atoms with Crippen molar-refractivity contribution >= 4 is 17.0 Å². The fourth-order valence-electron chi connectivity index (χ4n) is 4.60. The third kappa shape index (κ3) is 4.46. The summed E-state index contributed by atoms with van der Waals surface area (Å²) in [6, 6.07) is 24.4. The second kappa shape index (κ2) is 9.53. The molecule has 0 amide bonds. The van der Waals surface area contributed by atoms with Crippen LogP contribution in [-0.4, -0.2) is 38.3 Å². The van der Waals surface area contributed by atoms with Crippen LogP contribution in [0.15, 0.2) is 83.7 Å². The number of fused-ring (bicyclic) bond motifs is 10. The molecule has 0 fully saturated rings. The maximum atomic E-state index is 12.7. The largest absolute Gasteiger partial charge is 0.467 e. The molecule has 0 radical (unpaired) electrons. The highest BCUT2D eigenvalue weighted by Gasteiger charge is 2.18. The molecule has 6 rings (SSSR count). The monoisotopic (exact) mass is 495 g/mol. The highest BCUT2D eigenvalue weighted by Crippen LogP contribution is 2.32. The molecular weight excluding hydrogens is 470 g/mol. The molecule has 3 aromatic carbocycles. The third-order valence-electron chi connectivity index (χ3n) is 6.38. The van der Waals surface area contributed by atoms with Gasteiger partial charge in [-0.3, -0.25) is 4.79 Å². The maximum Gasteiger partial charge on any atom is 0.267 e. The number of hydrogen-bond donors (Lipinski definition) is 2. The summed E-state index contributed by atoms with van der Waals surface area (Å²) in [6.45, 7) is 0.809. The van der Waals surface area contributed by atoms with Gasteiger partial charge in [-0.2, -0.15) is 5.10 Å². The van der Waals surface area contributed by atoms with E-state index in [1.54, 1.807) is 13.2 Å². The number of ether oxygens (including phenoxy) is 2. The van der Waals surface area contributed by atoms with Crippen LogP contribution in [0.3, 0.4) is 0 Å². The average Bonchev–Trinajstić information content (AvgIpc) is 3.25. The predicted octanol–water partition coefficient (Wildman–Crippen LogP) is 3.76. The van der Waals surface area contributed by atoms with Crippen molar-refractivity contribution in [2.75, 3.05) is 19.2 Å². The van der Waals surface area contributed by atoms with Gasteiger partial charge in [0, 0.05) is 24.3 Å². The van der Waals surface area contributed by atoms with E-state index in [1.165, 1.54) is 10.7 Å². The van der Waals surface area contributed by atoms with Gasteiger partial charge in [0.25, 0.3) is 5.56 Å². The first-order valence-electron chi connectivity index (χ1n) is 11.9. The lowest BCUT2D eigenvalue weighted by molar-refractivity contribution is 0.0515. The lowest BCUT2D eigenvalue weighted by Crippen LogP contribution is -2.23. The molecule has 186 valence electrons. The molecule has 0 aliphatic carbocycles. The van der Waals surface area contributed by atoms with Gasteiger partial charge in [-0.15, -0.1) is 0 Å². The van der Waals surface area contributed by atoms with Crippen LogP contribution in [0.2, 0.25) is 0 Å². The predicted molar refractivity (Wildman–Crippen MR) is 139 cm³/mol. The Morgan fingerprint density at radius 2 is 1.86 bits per heavy atom. The number of hydrogen-bond acceptors (Lipinski definition) is 7. The summed E-state index contributed by atoms with van der Waals surface area (Å²) in [5.41, 5.74) is 5.33. The number of anilines is 1. The zero-order chi connectivity index (χ0) is 25.4. The second-order valence-electron chi connectivity index (χ2n) is 8.90. The Morgan fingerprint density at radius 1 is 1.00 bits per heavy atom. The molecule has 37 heavy (non-hydrogen) atoms. The number of methoxy groups -OCH3 is 1. The molecule has 1 aliphatic heterocycles. The zero-order valence-corrected chi connectivity index (χ0v) is 20.2. The number of aliphatic hydroxyl groups is 1. The standard InChI is InChI=1S/C28H25N5O4/c1-36-17-37-25-11-9-19-14-21(25)22-10-12-26(34)33(31-22)16-18-5-4-6-20(13-18)27(35)30-28-29-23-7-2-3-8-24(23)32(28)15-19/h2-14,27,35H,15-17H2,1H3,(H,29,30). The van der Waals surface area contributed by atoms with Crippen LogP contribution in [0, 0.1) is 0 Å². The summed E-state index contributed by atoms with van der Waals surface area (Å²) in [7, 11) is 1.56. The highest BCUT2D eigenvalue weighted by molar-refractivity contribution is 5.79. The van der Waals surface area contributed by atoms with Crippen molar-refractivity contribution in [1.29, 1.82) is 0 Å². The number of nitrogens with zero attached hydrogens (tertiary/aromatic N) is 4. The van der Waals surface area contributed by atoms with Crippen LogP contribution in [0.5, 0.6) is 5.75 Å². The molecule has 9 heteroatoms. The molecule has 6 bridgehead atoms. The third-order valence-corrected chi connectivity index (χ3v) is 6.38. The Balaban J connectivity index is 1.57. The van der Waals surface area contributed by atoms with Crippen LogP contribution >= 0.6 is 0 Å². The van der Waals surface area contributed by atoms with Gasteiger partial charge in [0.05, 0.1) is 29.8 Å². The summed E-state index contributed by atoms with van der Waals surface area (Å²) < 4.78 is 14.4. The molecule has 1 unspecified atom stereocenters. The first-order chi connectivity index (χ1) is 18.1. The normalized spacial score (nSPS) is 14.8. The van der Waals surface area contributed by atoms with E-state index in [0.717, 1.165) is 27.7 Å². The van der Waals surface area contributed by atoms with Gasteiger partial charge in [-0.1, -0.05) is 36.4 Å². The minimum absolute atomic E-state index is 0.0803. The number of aromatic nitrogens is 4. The Morgan fingerprint density at radius 3 is 2.76 bits per heavy atom. The van der Waals surface area contributed by atoms with E-state index >= 15 is 0 Å². The van der Waals surface area contributed by atoms with Gasteiger partial charge in [-0.25, -0.2) is 9.67 Å². The van der Waals surface area contributed by atoms with Gasteiger partial charge >= 0.3 is 0 Å². The number of aliphatic hydroxyl groups excluding tert-OH is 1. The van der Waals surface area contributed by atoms with Gasteiger partial charge in [0.1, 0.15) is 5.75 Å². The maximum absolute atomic E-state index is 12.7. The molecule has 9 nitrogen and oxygen atoms in total. The van der Waals surface area contributed by atoms with E-state index in [1.807, 2.05) is 71.3 Å². The molecule has 3 heterocycles. The molecule has 0 saturated carbocycles. The average molecular weight is 496 g/mol. The summed E-state index contributed by atoms with van der Waals surface area (Å²) in [6.07, 6.45) is -1.00. The van der Waals surface area contributed by atoms with E-state index in [0.29, 0.717) is 29.5 Å². The van der Waals surface area contributed by atoms with Crippen LogP contribution in [0.1, 0.15) is 22.9 Å². The number of benzene rings is 3. The molecule has 2 N–H and O–H groups in total. The van der Waals surface area contributed by atoms with Gasteiger partial charge < -0.3 is 24.5 Å². The van der Waals surface area contributed by atoms with Crippen molar-refractivity contribution in [1.82, 2.24) is 19.3 Å². The van der Waals surface area contributed by atoms with Crippen LogP contribution in [0.4, 0.5) is 5.95 Å². The molecule has 2 aromatic heterocycles. The number of nitrogens with one attached hydrogen (secondary N) is 1. The smallest absolute Gasteiger partial charge is 0.267 e. The van der Waals surface area contributed by atoms with Crippen LogP contribution in [0.25, 0.3) is 22.3 Å². The van der Waals surface area contributed by atoms with Gasteiger partial charge in [0.2, 0.25) is 5.95 Å². The van der Waals surface area contributed by atoms with E-state index in [9.17, 15) is 9.90 Å². The van der Waals surface area contributed by atoms with Crippen LogP contribution in [-0.2, 0) is 17.8 Å². The molecule has 1 atom stereocenters. The summed E-state index contributed by atoms with van der Waals surface area (Å²) in [5, 5.41) is 18.9. The molecule has 1 aliphatic rings. The minimum Gasteiger partial charge on any atom is -0.467 e. The number of rotatable bonds is 3. The van der Waals surface area contributed by atoms with E-state index in [-0.39, 0.29) is 18.9 Å². The van der Waals surface area contributed by atoms with Gasteiger partial charge in [0.15, 0.2) is 13.0 Å². The fourth-order valence-corrected chi connectivity index (χ4v) is 4.60. The Kier molecular flexibility index (Phi) is 5.91. The fraction of sp³-hybridized carbons (Fsp3) is 0.179.